The van der Waals surface area contributed by atoms with Crippen LogP contribution in [0.1, 0.15) is 38.5 Å². The Hall–Kier alpha value is 0.0400. The van der Waals surface area contributed by atoms with Crippen LogP contribution in [0.25, 0.3) is 0 Å². The van der Waals surface area contributed by atoms with Gasteiger partial charge in [0.2, 0.25) is 0 Å². The summed E-state index contributed by atoms with van der Waals surface area (Å²) in [6.45, 7) is 0. The van der Waals surface area contributed by atoms with Crippen LogP contribution >= 0.6 is 12.4 Å². The van der Waals surface area contributed by atoms with Crippen molar-refractivity contribution in [3.05, 3.63) is 0 Å². The molecule has 1 aliphatic rings. The zero-order valence-electron chi connectivity index (χ0n) is 8.02. The number of halogens is 4. The number of hydrogen-bond acceptors (Lipinski definition) is 1. The lowest BCUT2D eigenvalue weighted by Gasteiger charge is -2.25. The summed E-state index contributed by atoms with van der Waals surface area (Å²) < 4.78 is 36.2. The van der Waals surface area contributed by atoms with Gasteiger partial charge in [0.1, 0.15) is 6.04 Å². The van der Waals surface area contributed by atoms with E-state index in [-0.39, 0.29) is 24.7 Å². The Kier molecular flexibility index (Phi) is 5.83. The van der Waals surface area contributed by atoms with Crippen LogP contribution in [0.4, 0.5) is 13.2 Å². The lowest BCUT2D eigenvalue weighted by atomic mass is 9.85. The minimum Gasteiger partial charge on any atom is -0.320 e. The third-order valence-corrected chi connectivity index (χ3v) is 2.73. The highest BCUT2D eigenvalue weighted by atomic mass is 35.5. The first-order chi connectivity index (χ1) is 6.00. The molecule has 1 rings (SSSR count). The number of alkyl halides is 3. The summed E-state index contributed by atoms with van der Waals surface area (Å²) in [6, 6.07) is -1.62. The molecule has 5 heteroatoms. The maximum Gasteiger partial charge on any atom is 0.403 e. The highest BCUT2D eigenvalue weighted by Crippen LogP contribution is 2.31. The first-order valence-electron chi connectivity index (χ1n) is 4.82. The van der Waals surface area contributed by atoms with Crippen molar-refractivity contribution in [3.63, 3.8) is 0 Å². The Morgan fingerprint density at radius 1 is 1.14 bits per heavy atom. The van der Waals surface area contributed by atoms with E-state index in [1.165, 1.54) is 0 Å². The Morgan fingerprint density at radius 2 is 1.64 bits per heavy atom. The molecule has 1 fully saturated rings. The fraction of sp³-hybridized carbons (Fsp3) is 1.00. The first kappa shape index (κ1) is 14.0. The molecular weight excluding hydrogens is 215 g/mol. The van der Waals surface area contributed by atoms with Gasteiger partial charge in [-0.3, -0.25) is 0 Å². The summed E-state index contributed by atoms with van der Waals surface area (Å²) in [5.41, 5.74) is 5.06. The molecule has 1 nitrogen and oxygen atoms in total. The van der Waals surface area contributed by atoms with E-state index in [0.717, 1.165) is 32.1 Å². The third kappa shape index (κ3) is 4.51. The molecule has 0 saturated heterocycles. The third-order valence-electron chi connectivity index (χ3n) is 2.73. The predicted molar refractivity (Wildman–Crippen MR) is 52.5 cm³/mol. The molecule has 0 bridgehead atoms. The van der Waals surface area contributed by atoms with E-state index >= 15 is 0 Å². The molecule has 0 heterocycles. The summed E-state index contributed by atoms with van der Waals surface area (Å²) in [4.78, 5) is 0. The quantitative estimate of drug-likeness (QED) is 0.776. The van der Waals surface area contributed by atoms with Gasteiger partial charge in [0.25, 0.3) is 0 Å². The van der Waals surface area contributed by atoms with Crippen molar-refractivity contribution < 1.29 is 13.2 Å². The lowest BCUT2D eigenvalue weighted by molar-refractivity contribution is -0.151. The van der Waals surface area contributed by atoms with E-state index in [1.807, 2.05) is 0 Å². The second kappa shape index (κ2) is 5.81. The number of rotatable bonds is 2. The van der Waals surface area contributed by atoms with Crippen LogP contribution in [0.2, 0.25) is 0 Å². The zero-order valence-corrected chi connectivity index (χ0v) is 8.83. The maximum absolute atomic E-state index is 12.1. The van der Waals surface area contributed by atoms with Crippen molar-refractivity contribution in [2.45, 2.75) is 50.7 Å². The topological polar surface area (TPSA) is 26.0 Å². The second-order valence-corrected chi connectivity index (χ2v) is 3.89. The molecule has 2 N–H and O–H groups in total. The van der Waals surface area contributed by atoms with Gasteiger partial charge in [-0.05, 0) is 12.3 Å². The number of hydrogen-bond donors (Lipinski definition) is 1. The minimum absolute atomic E-state index is 0. The molecule has 0 radical (unpaired) electrons. The van der Waals surface area contributed by atoms with Crippen LogP contribution < -0.4 is 5.73 Å². The van der Waals surface area contributed by atoms with Crippen molar-refractivity contribution >= 4 is 12.4 Å². The van der Waals surface area contributed by atoms with E-state index in [0.29, 0.717) is 0 Å². The molecule has 14 heavy (non-hydrogen) atoms. The molecule has 0 aromatic rings. The molecule has 0 amide bonds. The normalized spacial score (nSPS) is 21.4. The van der Waals surface area contributed by atoms with Gasteiger partial charge >= 0.3 is 6.18 Å². The maximum atomic E-state index is 12.1. The van der Waals surface area contributed by atoms with Crippen molar-refractivity contribution in [2.24, 2.45) is 11.7 Å². The Morgan fingerprint density at radius 3 is 2.07 bits per heavy atom. The van der Waals surface area contributed by atoms with Crippen molar-refractivity contribution in [1.29, 1.82) is 0 Å². The highest BCUT2D eigenvalue weighted by molar-refractivity contribution is 5.85. The van der Waals surface area contributed by atoms with Crippen LogP contribution in [0.15, 0.2) is 0 Å². The van der Waals surface area contributed by atoms with E-state index < -0.39 is 12.2 Å². The molecule has 0 spiro atoms. The van der Waals surface area contributed by atoms with Crippen molar-refractivity contribution in [3.8, 4) is 0 Å². The van der Waals surface area contributed by atoms with Gasteiger partial charge < -0.3 is 5.73 Å². The molecular formula is C9H17ClF3N. The van der Waals surface area contributed by atoms with Gasteiger partial charge in [-0.1, -0.05) is 32.1 Å². The zero-order chi connectivity index (χ0) is 9.90. The van der Waals surface area contributed by atoms with Gasteiger partial charge in [0.05, 0.1) is 0 Å². The summed E-state index contributed by atoms with van der Waals surface area (Å²) in [5.74, 6) is 0.199. The van der Waals surface area contributed by atoms with Gasteiger partial charge in [-0.25, -0.2) is 0 Å². The lowest BCUT2D eigenvalue weighted by Crippen LogP contribution is -2.39. The Balaban J connectivity index is 0.00000169. The van der Waals surface area contributed by atoms with Gasteiger partial charge in [0.15, 0.2) is 0 Å². The average molecular weight is 232 g/mol. The second-order valence-electron chi connectivity index (χ2n) is 3.89. The van der Waals surface area contributed by atoms with E-state index in [9.17, 15) is 13.2 Å². The predicted octanol–water partition coefficient (Wildman–Crippen LogP) is 3.27. The smallest absolute Gasteiger partial charge is 0.320 e. The molecule has 0 unspecified atom stereocenters. The van der Waals surface area contributed by atoms with Crippen molar-refractivity contribution in [2.75, 3.05) is 0 Å². The van der Waals surface area contributed by atoms with E-state index in [2.05, 4.69) is 0 Å². The Labute approximate surface area is 88.6 Å². The van der Waals surface area contributed by atoms with E-state index in [4.69, 9.17) is 5.73 Å². The molecule has 1 atom stereocenters. The molecule has 86 valence electrons. The van der Waals surface area contributed by atoms with Gasteiger partial charge in [-0.15, -0.1) is 12.4 Å². The first-order valence-corrected chi connectivity index (χ1v) is 4.82. The fourth-order valence-electron chi connectivity index (χ4n) is 1.92. The van der Waals surface area contributed by atoms with Gasteiger partial charge in [-0.2, -0.15) is 13.2 Å². The molecule has 1 saturated carbocycles. The summed E-state index contributed by atoms with van der Waals surface area (Å²) in [5, 5.41) is 0. The van der Waals surface area contributed by atoms with Crippen LogP contribution in [0.3, 0.4) is 0 Å². The summed E-state index contributed by atoms with van der Waals surface area (Å²) in [7, 11) is 0. The highest BCUT2D eigenvalue weighted by Gasteiger charge is 2.37. The minimum atomic E-state index is -4.21. The van der Waals surface area contributed by atoms with Crippen LogP contribution in [-0.4, -0.2) is 12.2 Å². The number of nitrogens with two attached hydrogens (primary N) is 1. The summed E-state index contributed by atoms with van der Waals surface area (Å²) >= 11 is 0. The SMILES string of the molecule is Cl.N[C@@H](CC1CCCCC1)C(F)(F)F. The average Bonchev–Trinajstić information content (AvgIpc) is 2.04. The Bertz CT molecular complexity index is 155. The molecule has 1 aliphatic carbocycles. The molecule has 0 aromatic carbocycles. The molecule has 0 aliphatic heterocycles. The van der Waals surface area contributed by atoms with Crippen LogP contribution in [0.5, 0.6) is 0 Å². The monoisotopic (exact) mass is 231 g/mol. The van der Waals surface area contributed by atoms with Gasteiger partial charge in [0, 0.05) is 0 Å². The molecule has 0 aromatic heterocycles. The van der Waals surface area contributed by atoms with E-state index in [1.54, 1.807) is 0 Å². The van der Waals surface area contributed by atoms with Crippen LogP contribution in [0, 0.1) is 5.92 Å². The largest absolute Gasteiger partial charge is 0.403 e. The van der Waals surface area contributed by atoms with Crippen LogP contribution in [-0.2, 0) is 0 Å². The summed E-state index contributed by atoms with van der Waals surface area (Å²) in [6.07, 6.45) is 1.04. The fourth-order valence-corrected chi connectivity index (χ4v) is 1.92. The standard InChI is InChI=1S/C9H16F3N.ClH/c10-9(11,12)8(13)6-7-4-2-1-3-5-7;/h7-8H,1-6,13H2;1H/t8-;/m0./s1. The van der Waals surface area contributed by atoms with Crippen molar-refractivity contribution in [1.82, 2.24) is 0 Å².